The molecule has 170 valence electrons. The first-order valence-electron chi connectivity index (χ1n) is 10.8. The van der Waals surface area contributed by atoms with E-state index < -0.39 is 17.7 Å². The third-order valence-corrected chi connectivity index (χ3v) is 5.86. The number of aliphatic hydroxyl groups is 1. The van der Waals surface area contributed by atoms with E-state index in [0.29, 0.717) is 29.8 Å². The van der Waals surface area contributed by atoms with Crippen molar-refractivity contribution in [3.63, 3.8) is 0 Å². The van der Waals surface area contributed by atoms with Crippen molar-refractivity contribution in [3.8, 4) is 11.5 Å². The number of phenolic OH excluding ortho intramolecular Hbond substituents is 1. The smallest absolute Gasteiger partial charge is 0.295 e. The zero-order valence-electron chi connectivity index (χ0n) is 18.7. The van der Waals surface area contributed by atoms with E-state index in [1.165, 1.54) is 17.0 Å². The van der Waals surface area contributed by atoms with Gasteiger partial charge in [0.2, 0.25) is 0 Å². The number of nitrogens with zero attached hydrogens (tertiary/aromatic N) is 2. The fourth-order valence-corrected chi connectivity index (χ4v) is 4.06. The number of ether oxygens (including phenoxy) is 1. The molecule has 7 heteroatoms. The number of aromatic hydroxyl groups is 1. The van der Waals surface area contributed by atoms with Gasteiger partial charge in [-0.05, 0) is 68.0 Å². The summed E-state index contributed by atoms with van der Waals surface area (Å²) >= 11 is 0. The molecule has 3 rings (SSSR count). The molecule has 2 N–H and O–H groups in total. The van der Waals surface area contributed by atoms with E-state index in [1.807, 2.05) is 0 Å². The Morgan fingerprint density at radius 2 is 1.78 bits per heavy atom. The van der Waals surface area contributed by atoms with Crippen LogP contribution in [0.5, 0.6) is 11.5 Å². The third-order valence-electron chi connectivity index (χ3n) is 5.86. The van der Waals surface area contributed by atoms with E-state index in [9.17, 15) is 19.8 Å². The summed E-state index contributed by atoms with van der Waals surface area (Å²) in [4.78, 5) is 29.7. The van der Waals surface area contributed by atoms with Gasteiger partial charge in [0.15, 0.2) is 0 Å². The molecule has 1 saturated heterocycles. The van der Waals surface area contributed by atoms with Crippen LogP contribution in [0.4, 0.5) is 0 Å². The second-order valence-electron chi connectivity index (χ2n) is 7.70. The highest BCUT2D eigenvalue weighted by atomic mass is 16.5. The predicted octanol–water partition coefficient (Wildman–Crippen LogP) is 3.55. The van der Waals surface area contributed by atoms with Crippen LogP contribution in [0, 0.1) is 0 Å². The number of aliphatic hydroxyl groups excluding tert-OH is 1. The normalized spacial score (nSPS) is 17.9. The first kappa shape index (κ1) is 23.3. The van der Waals surface area contributed by atoms with Gasteiger partial charge in [0.1, 0.15) is 17.3 Å². The Hall–Kier alpha value is -3.32. The third kappa shape index (κ3) is 4.78. The average molecular weight is 439 g/mol. The number of benzene rings is 2. The van der Waals surface area contributed by atoms with Crippen molar-refractivity contribution in [3.05, 3.63) is 65.2 Å². The second kappa shape index (κ2) is 10.3. The number of hydrogen-bond donors (Lipinski definition) is 2. The minimum Gasteiger partial charge on any atom is -0.508 e. The van der Waals surface area contributed by atoms with Gasteiger partial charge in [-0.25, -0.2) is 0 Å². The van der Waals surface area contributed by atoms with Crippen molar-refractivity contribution >= 4 is 17.4 Å². The van der Waals surface area contributed by atoms with Gasteiger partial charge in [-0.15, -0.1) is 0 Å². The number of hydrogen-bond acceptors (Lipinski definition) is 6. The number of amides is 1. The van der Waals surface area contributed by atoms with Crippen LogP contribution in [-0.4, -0.2) is 65.0 Å². The van der Waals surface area contributed by atoms with Gasteiger partial charge in [0.25, 0.3) is 11.7 Å². The molecule has 0 aromatic heterocycles. The van der Waals surface area contributed by atoms with Crippen molar-refractivity contribution in [1.82, 2.24) is 9.80 Å². The number of phenols is 1. The van der Waals surface area contributed by atoms with Crippen LogP contribution in [0.15, 0.2) is 54.1 Å². The summed E-state index contributed by atoms with van der Waals surface area (Å²) < 4.78 is 5.16. The quantitative estimate of drug-likeness (QED) is 0.354. The van der Waals surface area contributed by atoms with Crippen molar-refractivity contribution in [2.45, 2.75) is 26.3 Å². The summed E-state index contributed by atoms with van der Waals surface area (Å²) in [6, 6.07) is 12.3. The van der Waals surface area contributed by atoms with Gasteiger partial charge in [0, 0.05) is 12.1 Å². The van der Waals surface area contributed by atoms with Crippen LogP contribution >= 0.6 is 0 Å². The zero-order valence-corrected chi connectivity index (χ0v) is 18.7. The minimum atomic E-state index is -0.777. The van der Waals surface area contributed by atoms with Gasteiger partial charge in [-0.1, -0.05) is 26.0 Å². The topological polar surface area (TPSA) is 90.3 Å². The lowest BCUT2D eigenvalue weighted by molar-refractivity contribution is -0.140. The first-order valence-corrected chi connectivity index (χ1v) is 10.8. The van der Waals surface area contributed by atoms with E-state index in [1.54, 1.807) is 43.5 Å². The predicted molar refractivity (Wildman–Crippen MR) is 123 cm³/mol. The Kier molecular flexibility index (Phi) is 7.53. The number of likely N-dealkylation sites (tertiary alicyclic amines) is 1. The van der Waals surface area contributed by atoms with E-state index in [-0.39, 0.29) is 17.1 Å². The van der Waals surface area contributed by atoms with Crippen molar-refractivity contribution in [2.75, 3.05) is 33.3 Å². The van der Waals surface area contributed by atoms with Crippen molar-refractivity contribution in [1.29, 1.82) is 0 Å². The lowest BCUT2D eigenvalue weighted by atomic mass is 9.95. The fraction of sp³-hybridized carbons (Fsp3) is 0.360. The summed E-state index contributed by atoms with van der Waals surface area (Å²) in [7, 11) is 1.54. The minimum absolute atomic E-state index is 0.0219. The maximum absolute atomic E-state index is 13.0. The summed E-state index contributed by atoms with van der Waals surface area (Å²) in [6.45, 7) is 7.13. The van der Waals surface area contributed by atoms with Crippen LogP contribution < -0.4 is 4.74 Å². The largest absolute Gasteiger partial charge is 0.508 e. The maximum atomic E-state index is 13.0. The molecule has 0 spiro atoms. The fourth-order valence-electron chi connectivity index (χ4n) is 4.06. The number of rotatable bonds is 9. The molecule has 0 radical (unpaired) electrons. The monoisotopic (exact) mass is 438 g/mol. The van der Waals surface area contributed by atoms with E-state index in [2.05, 4.69) is 18.7 Å². The van der Waals surface area contributed by atoms with Gasteiger partial charge in [-0.3, -0.25) is 9.59 Å². The van der Waals surface area contributed by atoms with Crippen LogP contribution in [0.1, 0.15) is 37.4 Å². The molecule has 1 unspecified atom stereocenters. The lowest BCUT2D eigenvalue weighted by Gasteiger charge is -2.27. The van der Waals surface area contributed by atoms with Gasteiger partial charge >= 0.3 is 0 Å². The molecule has 1 atom stereocenters. The summed E-state index contributed by atoms with van der Waals surface area (Å²) in [5, 5.41) is 21.1. The highest BCUT2D eigenvalue weighted by Crippen LogP contribution is 2.40. The van der Waals surface area contributed by atoms with E-state index in [4.69, 9.17) is 4.74 Å². The Morgan fingerprint density at radius 1 is 1.09 bits per heavy atom. The number of ketones is 1. The SMILES string of the molecule is CCN(CC)CCCN1C(=O)C(=O)C(=C(O)c2ccc(OC)cc2)C1c1cccc(O)c1. The van der Waals surface area contributed by atoms with Gasteiger partial charge in [-0.2, -0.15) is 0 Å². The van der Waals surface area contributed by atoms with E-state index in [0.717, 1.165) is 19.6 Å². The highest BCUT2D eigenvalue weighted by Gasteiger charge is 2.45. The molecular formula is C25H30N2O5. The molecule has 0 aliphatic carbocycles. The molecule has 32 heavy (non-hydrogen) atoms. The molecule has 0 saturated carbocycles. The Morgan fingerprint density at radius 3 is 2.38 bits per heavy atom. The van der Waals surface area contributed by atoms with Crippen LogP contribution in [0.3, 0.4) is 0 Å². The van der Waals surface area contributed by atoms with Crippen LogP contribution in [-0.2, 0) is 9.59 Å². The van der Waals surface area contributed by atoms with Gasteiger partial charge in [0.05, 0.1) is 18.7 Å². The van der Waals surface area contributed by atoms with Crippen LogP contribution in [0.25, 0.3) is 5.76 Å². The Labute approximate surface area is 188 Å². The first-order chi connectivity index (χ1) is 15.4. The summed E-state index contributed by atoms with van der Waals surface area (Å²) in [5.74, 6) is -0.975. The molecule has 1 amide bonds. The number of carbonyl (C=O) groups is 2. The second-order valence-corrected chi connectivity index (χ2v) is 7.70. The van der Waals surface area contributed by atoms with E-state index >= 15 is 0 Å². The van der Waals surface area contributed by atoms with Crippen molar-refractivity contribution < 1.29 is 24.5 Å². The average Bonchev–Trinajstić information content (AvgIpc) is 3.06. The Bertz CT molecular complexity index is 996. The molecule has 1 aliphatic rings. The molecule has 2 aromatic rings. The molecule has 2 aromatic carbocycles. The molecule has 7 nitrogen and oxygen atoms in total. The lowest BCUT2D eigenvalue weighted by Crippen LogP contribution is -2.33. The number of carbonyl (C=O) groups excluding carboxylic acids is 2. The highest BCUT2D eigenvalue weighted by molar-refractivity contribution is 6.46. The molecule has 1 fully saturated rings. The maximum Gasteiger partial charge on any atom is 0.295 e. The number of methoxy groups -OCH3 is 1. The number of Topliss-reactive ketones (excluding diaryl/α,β-unsaturated/α-hetero) is 1. The Balaban J connectivity index is 2.02. The molecule has 1 aliphatic heterocycles. The van der Waals surface area contributed by atoms with Crippen molar-refractivity contribution in [2.24, 2.45) is 0 Å². The standard InChI is InChI=1S/C25H30N2O5/c1-4-26(5-2)14-7-15-27-22(18-8-6-9-19(28)16-18)21(24(30)25(27)31)23(29)17-10-12-20(32-3)13-11-17/h6,8-13,16,22,28-29H,4-5,7,14-15H2,1-3H3. The molecule has 1 heterocycles. The van der Waals surface area contributed by atoms with Gasteiger partial charge < -0.3 is 24.7 Å². The molecular weight excluding hydrogens is 408 g/mol. The summed E-state index contributed by atoms with van der Waals surface area (Å²) in [6.07, 6.45) is 0.687. The van der Waals surface area contributed by atoms with Crippen LogP contribution in [0.2, 0.25) is 0 Å². The summed E-state index contributed by atoms with van der Waals surface area (Å²) in [5.41, 5.74) is 1.01. The zero-order chi connectivity index (χ0) is 23.3. The molecule has 0 bridgehead atoms.